The summed E-state index contributed by atoms with van der Waals surface area (Å²) in [5.74, 6) is 0.751. The first kappa shape index (κ1) is 18.2. The zero-order valence-electron chi connectivity index (χ0n) is 13.1. The van der Waals surface area contributed by atoms with Gasteiger partial charge < -0.3 is 10.8 Å². The highest BCUT2D eigenvalue weighted by atomic mass is 32.2. The van der Waals surface area contributed by atoms with Crippen molar-refractivity contribution in [1.29, 1.82) is 0 Å². The Morgan fingerprint density at radius 2 is 1.95 bits per heavy atom. The molecule has 0 saturated carbocycles. The Morgan fingerprint density at radius 3 is 2.52 bits per heavy atom. The van der Waals surface area contributed by atoms with E-state index in [9.17, 15) is 9.90 Å². The smallest absolute Gasteiger partial charge is 0.164 e. The minimum atomic E-state index is -0.606. The molecule has 0 aromatic heterocycles. The lowest BCUT2D eigenvalue weighted by Gasteiger charge is -2.27. The normalized spacial score (nSPS) is 11.6. The van der Waals surface area contributed by atoms with Gasteiger partial charge in [0.25, 0.3) is 0 Å². The summed E-state index contributed by atoms with van der Waals surface area (Å²) in [5, 5.41) is 10.6. The molecule has 4 heteroatoms. The molecule has 118 valence electrons. The number of carbonyl (C=O) groups is 1. The molecule has 0 heterocycles. The summed E-state index contributed by atoms with van der Waals surface area (Å²) in [7, 11) is 0. The summed E-state index contributed by atoms with van der Waals surface area (Å²) >= 11 is 1.62. The van der Waals surface area contributed by atoms with Gasteiger partial charge in [-0.15, -0.1) is 11.8 Å². The Labute approximate surface area is 132 Å². The van der Waals surface area contributed by atoms with Gasteiger partial charge >= 0.3 is 0 Å². The van der Waals surface area contributed by atoms with Crippen molar-refractivity contribution in [1.82, 2.24) is 0 Å². The molecule has 0 aliphatic rings. The maximum atomic E-state index is 11.9. The SMILES string of the molecule is CCCC(O)(CCC)CSc1cccc(C(=O)CCN)c1. The van der Waals surface area contributed by atoms with E-state index in [1.165, 1.54) is 0 Å². The summed E-state index contributed by atoms with van der Waals surface area (Å²) in [5.41, 5.74) is 5.53. The summed E-state index contributed by atoms with van der Waals surface area (Å²) in [6, 6.07) is 7.61. The lowest BCUT2D eigenvalue weighted by molar-refractivity contribution is 0.0455. The quantitative estimate of drug-likeness (QED) is 0.511. The van der Waals surface area contributed by atoms with Gasteiger partial charge in [0, 0.05) is 22.6 Å². The number of aliphatic hydroxyl groups is 1. The largest absolute Gasteiger partial charge is 0.389 e. The van der Waals surface area contributed by atoms with E-state index in [2.05, 4.69) is 13.8 Å². The van der Waals surface area contributed by atoms with Crippen molar-refractivity contribution in [3.63, 3.8) is 0 Å². The van der Waals surface area contributed by atoms with Crippen molar-refractivity contribution in [2.45, 2.75) is 56.4 Å². The van der Waals surface area contributed by atoms with Gasteiger partial charge in [0.05, 0.1) is 5.60 Å². The zero-order valence-corrected chi connectivity index (χ0v) is 13.9. The molecule has 0 unspecified atom stereocenters. The molecule has 0 aliphatic carbocycles. The van der Waals surface area contributed by atoms with Crippen LogP contribution in [-0.2, 0) is 0 Å². The fourth-order valence-electron chi connectivity index (χ4n) is 2.45. The Bertz CT molecular complexity index is 442. The van der Waals surface area contributed by atoms with Crippen LogP contribution in [-0.4, -0.2) is 28.8 Å². The fraction of sp³-hybridized carbons (Fsp3) is 0.588. The number of carbonyl (C=O) groups excluding carboxylic acids is 1. The first-order valence-corrected chi connectivity index (χ1v) is 8.71. The van der Waals surface area contributed by atoms with Gasteiger partial charge in [-0.2, -0.15) is 0 Å². The van der Waals surface area contributed by atoms with E-state index < -0.39 is 5.60 Å². The maximum absolute atomic E-state index is 11.9. The summed E-state index contributed by atoms with van der Waals surface area (Å²) in [6.45, 7) is 4.57. The minimum absolute atomic E-state index is 0.0809. The highest BCUT2D eigenvalue weighted by Gasteiger charge is 2.24. The molecule has 21 heavy (non-hydrogen) atoms. The Hall–Kier alpha value is -0.840. The molecule has 0 bridgehead atoms. The monoisotopic (exact) mass is 309 g/mol. The van der Waals surface area contributed by atoms with E-state index in [0.717, 1.165) is 30.6 Å². The summed E-state index contributed by atoms with van der Waals surface area (Å²) < 4.78 is 0. The minimum Gasteiger partial charge on any atom is -0.389 e. The van der Waals surface area contributed by atoms with Gasteiger partial charge in [0.2, 0.25) is 0 Å². The molecule has 1 aromatic carbocycles. The van der Waals surface area contributed by atoms with Crippen LogP contribution < -0.4 is 5.73 Å². The van der Waals surface area contributed by atoms with Gasteiger partial charge in [0.1, 0.15) is 0 Å². The average molecular weight is 309 g/mol. The summed E-state index contributed by atoms with van der Waals surface area (Å²) in [4.78, 5) is 12.9. The number of nitrogens with two attached hydrogens (primary N) is 1. The number of rotatable bonds is 10. The molecule has 1 aromatic rings. The third-order valence-electron chi connectivity index (χ3n) is 3.47. The molecule has 3 N–H and O–H groups in total. The van der Waals surface area contributed by atoms with Crippen LogP contribution >= 0.6 is 11.8 Å². The van der Waals surface area contributed by atoms with E-state index in [1.807, 2.05) is 24.3 Å². The van der Waals surface area contributed by atoms with Crippen molar-refractivity contribution < 1.29 is 9.90 Å². The van der Waals surface area contributed by atoms with Gasteiger partial charge in [-0.25, -0.2) is 0 Å². The third kappa shape index (κ3) is 6.20. The second kappa shape index (κ2) is 9.23. The number of hydrogen-bond acceptors (Lipinski definition) is 4. The molecule has 1 rings (SSSR count). The van der Waals surface area contributed by atoms with Crippen molar-refractivity contribution in [3.8, 4) is 0 Å². The molecule has 0 amide bonds. The standard InChI is InChI=1S/C17H27NO2S/c1-3-9-17(20,10-4-2)13-21-15-7-5-6-14(12-15)16(19)8-11-18/h5-7,12,20H,3-4,8-11,13,18H2,1-2H3. The number of benzene rings is 1. The predicted molar refractivity (Wildman–Crippen MR) is 89.9 cm³/mol. The molecule has 0 spiro atoms. The first-order chi connectivity index (χ1) is 10.0. The van der Waals surface area contributed by atoms with E-state index in [0.29, 0.717) is 24.3 Å². The number of Topliss-reactive ketones (excluding diaryl/α,β-unsaturated/α-hetero) is 1. The molecular weight excluding hydrogens is 282 g/mol. The van der Waals surface area contributed by atoms with Gasteiger partial charge in [-0.1, -0.05) is 38.8 Å². The van der Waals surface area contributed by atoms with Crippen LogP contribution in [0.5, 0.6) is 0 Å². The molecular formula is C17H27NO2S. The average Bonchev–Trinajstić information content (AvgIpc) is 2.46. The van der Waals surface area contributed by atoms with Crippen molar-refractivity contribution in [2.24, 2.45) is 5.73 Å². The molecule has 0 aliphatic heterocycles. The van der Waals surface area contributed by atoms with Crippen LogP contribution in [0.2, 0.25) is 0 Å². The molecule has 0 fully saturated rings. The van der Waals surface area contributed by atoms with E-state index in [-0.39, 0.29) is 5.78 Å². The lowest BCUT2D eigenvalue weighted by atomic mass is 9.95. The van der Waals surface area contributed by atoms with E-state index in [4.69, 9.17) is 5.73 Å². The lowest BCUT2D eigenvalue weighted by Crippen LogP contribution is -2.31. The third-order valence-corrected chi connectivity index (χ3v) is 4.73. The van der Waals surface area contributed by atoms with Crippen molar-refractivity contribution >= 4 is 17.5 Å². The molecule has 0 saturated heterocycles. The maximum Gasteiger partial charge on any atom is 0.164 e. The zero-order chi connectivity index (χ0) is 15.7. The van der Waals surface area contributed by atoms with E-state index in [1.54, 1.807) is 11.8 Å². The highest BCUT2D eigenvalue weighted by molar-refractivity contribution is 7.99. The van der Waals surface area contributed by atoms with Gasteiger partial charge in [-0.05, 0) is 31.5 Å². The van der Waals surface area contributed by atoms with Crippen LogP contribution in [0.4, 0.5) is 0 Å². The second-order valence-corrected chi connectivity index (χ2v) is 6.55. The Balaban J connectivity index is 2.70. The van der Waals surface area contributed by atoms with E-state index >= 15 is 0 Å². The molecule has 3 nitrogen and oxygen atoms in total. The summed E-state index contributed by atoms with van der Waals surface area (Å²) in [6.07, 6.45) is 3.97. The Morgan fingerprint density at radius 1 is 1.29 bits per heavy atom. The fourth-order valence-corrected chi connectivity index (χ4v) is 3.56. The Kier molecular flexibility index (Phi) is 8.01. The molecule has 0 radical (unpaired) electrons. The van der Waals surface area contributed by atoms with Gasteiger partial charge in [0.15, 0.2) is 5.78 Å². The number of hydrogen-bond donors (Lipinski definition) is 2. The van der Waals surface area contributed by atoms with Crippen LogP contribution in [0, 0.1) is 0 Å². The first-order valence-electron chi connectivity index (χ1n) is 7.73. The van der Waals surface area contributed by atoms with Crippen LogP contribution in [0.25, 0.3) is 0 Å². The second-order valence-electron chi connectivity index (χ2n) is 5.50. The highest BCUT2D eigenvalue weighted by Crippen LogP contribution is 2.29. The van der Waals surface area contributed by atoms with Crippen LogP contribution in [0.1, 0.15) is 56.3 Å². The number of ketones is 1. The van der Waals surface area contributed by atoms with Crippen molar-refractivity contribution in [3.05, 3.63) is 29.8 Å². The number of thioether (sulfide) groups is 1. The van der Waals surface area contributed by atoms with Gasteiger partial charge in [-0.3, -0.25) is 4.79 Å². The topological polar surface area (TPSA) is 63.3 Å². The van der Waals surface area contributed by atoms with Crippen LogP contribution in [0.3, 0.4) is 0 Å². The predicted octanol–water partition coefficient (Wildman–Crippen LogP) is 3.64. The van der Waals surface area contributed by atoms with Crippen LogP contribution in [0.15, 0.2) is 29.2 Å². The molecule has 0 atom stereocenters. The van der Waals surface area contributed by atoms with Crippen molar-refractivity contribution in [2.75, 3.05) is 12.3 Å².